The Hall–Kier alpha value is -0.690. The molecule has 2 unspecified atom stereocenters. The summed E-state index contributed by atoms with van der Waals surface area (Å²) in [5.41, 5.74) is -0.907. The van der Waals surface area contributed by atoms with Crippen molar-refractivity contribution in [2.24, 2.45) is 0 Å². The van der Waals surface area contributed by atoms with Crippen molar-refractivity contribution in [2.75, 3.05) is 40.1 Å². The van der Waals surface area contributed by atoms with Gasteiger partial charge in [-0.1, -0.05) is 162 Å². The third-order valence-corrected chi connectivity index (χ3v) is 9.45. The van der Waals surface area contributed by atoms with Crippen molar-refractivity contribution in [1.29, 1.82) is 0 Å². The van der Waals surface area contributed by atoms with Crippen LogP contribution >= 0.6 is 0 Å². The molecule has 1 N–H and O–H groups in total. The van der Waals surface area contributed by atoms with Crippen molar-refractivity contribution in [1.82, 2.24) is 5.32 Å². The molecular weight excluding hydrogens is 574 g/mol. The summed E-state index contributed by atoms with van der Waals surface area (Å²) in [6.07, 6.45) is 32.5. The first kappa shape index (κ1) is 45.3. The molecule has 0 aromatic carbocycles. The molecule has 6 heteroatoms. The van der Waals surface area contributed by atoms with Crippen LogP contribution in [0.2, 0.25) is 0 Å². The third-order valence-electron chi connectivity index (χ3n) is 9.45. The second-order valence-corrected chi connectivity index (χ2v) is 14.0. The molecule has 2 atom stereocenters. The van der Waals surface area contributed by atoms with Crippen LogP contribution in [0.25, 0.3) is 0 Å². The van der Waals surface area contributed by atoms with E-state index in [0.717, 1.165) is 26.1 Å². The normalized spacial score (nSPS) is 13.7. The minimum atomic E-state index is -0.907. The van der Waals surface area contributed by atoms with Crippen LogP contribution in [0.5, 0.6) is 0 Å². The van der Waals surface area contributed by atoms with Crippen LogP contribution < -0.4 is 5.32 Å². The fourth-order valence-corrected chi connectivity index (χ4v) is 5.71. The summed E-state index contributed by atoms with van der Waals surface area (Å²) in [5.74, 6) is -0.105. The van der Waals surface area contributed by atoms with Gasteiger partial charge < -0.3 is 24.3 Å². The molecule has 46 heavy (non-hydrogen) atoms. The Labute approximate surface area is 287 Å². The SMILES string of the molecule is CCCCCCCCCCCCCCOCC(COCCCCCCCCCCCCCC)NC(=O)C(C)(CC)OCC(C)OC. The maximum atomic E-state index is 13.3. The highest BCUT2D eigenvalue weighted by Crippen LogP contribution is 2.18. The van der Waals surface area contributed by atoms with Gasteiger partial charge in [-0.15, -0.1) is 0 Å². The highest BCUT2D eigenvalue weighted by Gasteiger charge is 2.34. The molecule has 0 aromatic rings. The topological polar surface area (TPSA) is 66.0 Å². The van der Waals surface area contributed by atoms with Crippen molar-refractivity contribution >= 4 is 5.91 Å². The third kappa shape index (κ3) is 28.3. The van der Waals surface area contributed by atoms with E-state index in [1.54, 1.807) is 7.11 Å². The van der Waals surface area contributed by atoms with Gasteiger partial charge in [-0.05, 0) is 33.1 Å². The summed E-state index contributed by atoms with van der Waals surface area (Å²) in [6.45, 7) is 13.1. The lowest BCUT2D eigenvalue weighted by Gasteiger charge is -2.31. The molecule has 276 valence electrons. The molecule has 0 aliphatic heterocycles. The molecule has 0 rings (SSSR count). The van der Waals surface area contributed by atoms with E-state index in [2.05, 4.69) is 19.2 Å². The van der Waals surface area contributed by atoms with E-state index >= 15 is 0 Å². The maximum Gasteiger partial charge on any atom is 0.252 e. The number of carbonyl (C=O) groups excluding carboxylic acids is 1. The molecule has 0 aliphatic rings. The van der Waals surface area contributed by atoms with Crippen molar-refractivity contribution in [2.45, 2.75) is 213 Å². The van der Waals surface area contributed by atoms with E-state index in [4.69, 9.17) is 18.9 Å². The van der Waals surface area contributed by atoms with Crippen LogP contribution in [-0.4, -0.2) is 63.8 Å². The minimum Gasteiger partial charge on any atom is -0.379 e. The molecule has 0 saturated carbocycles. The van der Waals surface area contributed by atoms with Crippen LogP contribution in [0.3, 0.4) is 0 Å². The van der Waals surface area contributed by atoms with Crippen LogP contribution in [0.4, 0.5) is 0 Å². The summed E-state index contributed by atoms with van der Waals surface area (Å²) in [5, 5.41) is 3.19. The van der Waals surface area contributed by atoms with Gasteiger partial charge in [-0.25, -0.2) is 0 Å². The van der Waals surface area contributed by atoms with Gasteiger partial charge in [0.05, 0.1) is 32.0 Å². The Bertz CT molecular complexity index is 601. The maximum absolute atomic E-state index is 13.3. The average molecular weight is 656 g/mol. The monoisotopic (exact) mass is 656 g/mol. The van der Waals surface area contributed by atoms with E-state index in [1.165, 1.54) is 141 Å². The van der Waals surface area contributed by atoms with E-state index < -0.39 is 5.60 Å². The lowest BCUT2D eigenvalue weighted by Crippen LogP contribution is -2.53. The molecule has 0 spiro atoms. The molecule has 0 aromatic heterocycles. The zero-order valence-electron chi connectivity index (χ0n) is 31.9. The quantitative estimate of drug-likeness (QED) is 0.0675. The fourth-order valence-electron chi connectivity index (χ4n) is 5.71. The summed E-state index contributed by atoms with van der Waals surface area (Å²) in [7, 11) is 1.66. The second kappa shape index (κ2) is 34.2. The highest BCUT2D eigenvalue weighted by atomic mass is 16.5. The van der Waals surface area contributed by atoms with Gasteiger partial charge in [-0.3, -0.25) is 4.79 Å². The smallest absolute Gasteiger partial charge is 0.252 e. The Kier molecular flexibility index (Phi) is 33.7. The number of carbonyl (C=O) groups is 1. The molecule has 6 nitrogen and oxygen atoms in total. The number of hydrogen-bond donors (Lipinski definition) is 1. The molecule has 1 amide bonds. The summed E-state index contributed by atoms with van der Waals surface area (Å²) < 4.78 is 23.5. The first-order valence-corrected chi connectivity index (χ1v) is 20.1. The Morgan fingerprint density at radius 3 is 1.24 bits per heavy atom. The lowest BCUT2D eigenvalue weighted by atomic mass is 10.0. The zero-order valence-corrected chi connectivity index (χ0v) is 31.9. The number of nitrogens with one attached hydrogen (secondary N) is 1. The van der Waals surface area contributed by atoms with Gasteiger partial charge in [0.25, 0.3) is 5.91 Å². The Balaban J connectivity index is 4.31. The molecule has 0 fully saturated rings. The Morgan fingerprint density at radius 1 is 0.565 bits per heavy atom. The number of hydrogen-bond acceptors (Lipinski definition) is 5. The average Bonchev–Trinajstić information content (AvgIpc) is 3.06. The molecule has 0 heterocycles. The Morgan fingerprint density at radius 2 is 0.913 bits per heavy atom. The van der Waals surface area contributed by atoms with Crippen molar-refractivity contribution in [3.05, 3.63) is 0 Å². The van der Waals surface area contributed by atoms with Gasteiger partial charge in [0.2, 0.25) is 0 Å². The van der Waals surface area contributed by atoms with E-state index in [-0.39, 0.29) is 18.1 Å². The summed E-state index contributed by atoms with van der Waals surface area (Å²) in [6, 6.07) is -0.184. The van der Waals surface area contributed by atoms with Gasteiger partial charge in [0.1, 0.15) is 5.60 Å². The van der Waals surface area contributed by atoms with Crippen LogP contribution in [0.1, 0.15) is 195 Å². The van der Waals surface area contributed by atoms with Crippen LogP contribution in [0, 0.1) is 0 Å². The van der Waals surface area contributed by atoms with E-state index in [1.807, 2.05) is 20.8 Å². The van der Waals surface area contributed by atoms with Gasteiger partial charge >= 0.3 is 0 Å². The molecule has 0 radical (unpaired) electrons. The summed E-state index contributed by atoms with van der Waals surface area (Å²) >= 11 is 0. The molecule has 0 bridgehead atoms. The number of unbranched alkanes of at least 4 members (excludes halogenated alkanes) is 22. The predicted molar refractivity (Wildman–Crippen MR) is 197 cm³/mol. The first-order chi connectivity index (χ1) is 22.4. The van der Waals surface area contributed by atoms with Crippen molar-refractivity contribution < 1.29 is 23.7 Å². The highest BCUT2D eigenvalue weighted by molar-refractivity contribution is 5.85. The summed E-state index contributed by atoms with van der Waals surface area (Å²) in [4.78, 5) is 13.3. The van der Waals surface area contributed by atoms with Crippen LogP contribution in [0.15, 0.2) is 0 Å². The van der Waals surface area contributed by atoms with E-state index in [9.17, 15) is 4.79 Å². The number of methoxy groups -OCH3 is 1. The molecule has 0 saturated heterocycles. The van der Waals surface area contributed by atoms with Gasteiger partial charge in [0.15, 0.2) is 0 Å². The fraction of sp³-hybridized carbons (Fsp3) is 0.975. The number of ether oxygens (including phenoxy) is 4. The predicted octanol–water partition coefficient (Wildman–Crippen LogP) is 11.1. The van der Waals surface area contributed by atoms with Crippen LogP contribution in [-0.2, 0) is 23.7 Å². The van der Waals surface area contributed by atoms with E-state index in [0.29, 0.717) is 26.2 Å². The zero-order chi connectivity index (χ0) is 34.0. The number of amides is 1. The lowest BCUT2D eigenvalue weighted by molar-refractivity contribution is -0.151. The standard InChI is InChI=1S/C40H81NO5/c1-7-10-12-14-16-18-20-22-24-26-28-30-32-44-35-38(41-39(42)40(5,9-3)46-34-37(4)43-6)36-45-33-31-29-27-25-23-21-19-17-15-13-11-8-2/h37-38H,7-36H2,1-6H3,(H,41,42). The van der Waals surface area contributed by atoms with Gasteiger partial charge in [0, 0.05) is 20.3 Å². The minimum absolute atomic E-state index is 0.0627. The first-order valence-electron chi connectivity index (χ1n) is 20.1. The second-order valence-electron chi connectivity index (χ2n) is 14.0. The van der Waals surface area contributed by atoms with Crippen molar-refractivity contribution in [3.8, 4) is 0 Å². The number of rotatable bonds is 37. The van der Waals surface area contributed by atoms with Crippen molar-refractivity contribution in [3.63, 3.8) is 0 Å². The van der Waals surface area contributed by atoms with Gasteiger partial charge in [-0.2, -0.15) is 0 Å². The molecular formula is C40H81NO5. The molecule has 0 aliphatic carbocycles. The largest absolute Gasteiger partial charge is 0.379 e.